The highest BCUT2D eigenvalue weighted by atomic mass is 32.2. The van der Waals surface area contributed by atoms with Gasteiger partial charge in [0.05, 0.1) is 25.3 Å². The van der Waals surface area contributed by atoms with Gasteiger partial charge in [-0.3, -0.25) is 4.79 Å². The fraction of sp³-hybridized carbons (Fsp3) is 0.463. The smallest absolute Gasteiger partial charge is 0.303 e. The van der Waals surface area contributed by atoms with Gasteiger partial charge in [0, 0.05) is 74.1 Å². The second-order valence-electron chi connectivity index (χ2n) is 14.6. The third-order valence-electron chi connectivity index (χ3n) is 10.6. The number of hydrogen-bond donors (Lipinski definition) is 1. The van der Waals surface area contributed by atoms with Crippen molar-refractivity contribution in [3.63, 3.8) is 0 Å². The van der Waals surface area contributed by atoms with E-state index >= 15 is 0 Å². The third-order valence-corrected chi connectivity index (χ3v) is 13.1. The first-order valence-electron chi connectivity index (χ1n) is 18.7. The Hall–Kier alpha value is -4.01. The van der Waals surface area contributed by atoms with Gasteiger partial charge in [-0.2, -0.15) is 4.58 Å². The predicted molar refractivity (Wildman–Crippen MR) is 221 cm³/mol. The highest BCUT2D eigenvalue weighted by Crippen LogP contribution is 2.51. The molecule has 2 unspecified atom stereocenters. The monoisotopic (exact) mass is 878 g/mol. The minimum atomic E-state index is -4.81. The average molecular weight is 879 g/mol. The molecule has 0 aliphatic carbocycles. The van der Waals surface area contributed by atoms with Crippen LogP contribution in [-0.2, 0) is 55.5 Å². The number of aliphatic carboxylic acids is 1. The van der Waals surface area contributed by atoms with Gasteiger partial charge in [-0.15, -0.1) is 0 Å². The molecule has 15 nitrogen and oxygen atoms in total. The Labute approximate surface area is 348 Å². The van der Waals surface area contributed by atoms with E-state index in [1.807, 2.05) is 23.7 Å². The van der Waals surface area contributed by atoms with Gasteiger partial charge in [0.2, 0.25) is 5.69 Å². The van der Waals surface area contributed by atoms with E-state index in [9.17, 15) is 43.7 Å². The molecule has 2 aromatic rings. The Bertz CT molecular complexity index is 2330. The summed E-state index contributed by atoms with van der Waals surface area (Å²) in [5, 5.41) is 9.07. The van der Waals surface area contributed by atoms with Gasteiger partial charge < -0.3 is 33.1 Å². The topological polar surface area (TPSA) is 234 Å². The first-order chi connectivity index (χ1) is 27.2. The number of benzene rings is 2. The van der Waals surface area contributed by atoms with Crippen molar-refractivity contribution >= 4 is 53.4 Å². The van der Waals surface area contributed by atoms with Crippen molar-refractivity contribution < 1.29 is 62.9 Å². The van der Waals surface area contributed by atoms with Crippen LogP contribution in [-0.4, -0.2) is 107 Å². The SMILES string of the molecule is C.COCC[N+]1=C(C=CC=CC=CC=C2N(CCCCCC(=O)O)c3ccc(S(=O)(=O)[O-])cc3C2(C)CCOC)C(C)(CCCS(=O)(=O)[O-])c2cc(S(=O)(=O)[O-])ccc21. The van der Waals surface area contributed by atoms with Crippen LogP contribution in [0, 0.1) is 0 Å². The van der Waals surface area contributed by atoms with Gasteiger partial charge in [-0.05, 0) is 87.9 Å². The van der Waals surface area contributed by atoms with Crippen LogP contribution in [0.15, 0.2) is 94.4 Å². The van der Waals surface area contributed by atoms with E-state index in [0.717, 1.165) is 11.4 Å². The van der Waals surface area contributed by atoms with Crippen molar-refractivity contribution in [2.24, 2.45) is 0 Å². The van der Waals surface area contributed by atoms with E-state index in [0.29, 0.717) is 67.9 Å². The molecule has 2 atom stereocenters. The molecule has 0 bridgehead atoms. The van der Waals surface area contributed by atoms with Crippen LogP contribution in [0.3, 0.4) is 0 Å². The Morgan fingerprint density at radius 3 is 2.00 bits per heavy atom. The molecule has 0 saturated heterocycles. The fourth-order valence-corrected chi connectivity index (χ4v) is 9.17. The second kappa shape index (κ2) is 20.5. The van der Waals surface area contributed by atoms with Gasteiger partial charge in [0.1, 0.15) is 26.8 Å². The van der Waals surface area contributed by atoms with E-state index in [1.165, 1.54) is 37.4 Å². The molecular formula is C41H54N2O13S3-2. The number of rotatable bonds is 22. The van der Waals surface area contributed by atoms with Gasteiger partial charge >= 0.3 is 5.97 Å². The molecule has 59 heavy (non-hydrogen) atoms. The third kappa shape index (κ3) is 12.3. The summed E-state index contributed by atoms with van der Waals surface area (Å²) in [6, 6.07) is 8.40. The lowest BCUT2D eigenvalue weighted by Crippen LogP contribution is -2.32. The molecule has 2 aliphatic rings. The van der Waals surface area contributed by atoms with Gasteiger partial charge in [-0.1, -0.05) is 44.2 Å². The second-order valence-corrected chi connectivity index (χ2v) is 18.9. The number of hydrogen-bond acceptors (Lipinski definition) is 13. The van der Waals surface area contributed by atoms with Crippen LogP contribution >= 0.6 is 0 Å². The van der Waals surface area contributed by atoms with Crippen LogP contribution in [0.1, 0.15) is 77.3 Å². The van der Waals surface area contributed by atoms with Crippen LogP contribution in [0.2, 0.25) is 0 Å². The Morgan fingerprint density at radius 1 is 0.780 bits per heavy atom. The van der Waals surface area contributed by atoms with Crippen molar-refractivity contribution in [1.29, 1.82) is 0 Å². The molecule has 18 heteroatoms. The highest BCUT2D eigenvalue weighted by Gasteiger charge is 2.48. The van der Waals surface area contributed by atoms with Crippen LogP contribution in [0.4, 0.5) is 11.4 Å². The van der Waals surface area contributed by atoms with E-state index < -0.39 is 57.8 Å². The lowest BCUT2D eigenvalue weighted by molar-refractivity contribution is -0.441. The van der Waals surface area contributed by atoms with Crippen molar-refractivity contribution in [1.82, 2.24) is 0 Å². The van der Waals surface area contributed by atoms with E-state index in [-0.39, 0.29) is 38.2 Å². The molecule has 0 aromatic heterocycles. The fourth-order valence-electron chi connectivity index (χ4n) is 7.68. The lowest BCUT2D eigenvalue weighted by Gasteiger charge is -2.30. The first kappa shape index (κ1) is 49.4. The maximum atomic E-state index is 12.0. The van der Waals surface area contributed by atoms with E-state index in [1.54, 1.807) is 50.5 Å². The quantitative estimate of drug-likeness (QED) is 0.0669. The Morgan fingerprint density at radius 2 is 1.39 bits per heavy atom. The number of ether oxygens (including phenoxy) is 2. The normalized spacial score (nSPS) is 20.3. The summed E-state index contributed by atoms with van der Waals surface area (Å²) in [5.74, 6) is -1.49. The molecule has 0 fully saturated rings. The summed E-state index contributed by atoms with van der Waals surface area (Å²) in [7, 11) is -11.0. The van der Waals surface area contributed by atoms with Crippen LogP contribution in [0.25, 0.3) is 0 Å². The molecule has 0 saturated carbocycles. The summed E-state index contributed by atoms with van der Waals surface area (Å²) in [6.07, 6.45) is 15.1. The summed E-state index contributed by atoms with van der Waals surface area (Å²) in [4.78, 5) is 12.4. The summed E-state index contributed by atoms with van der Waals surface area (Å²) >= 11 is 0. The zero-order valence-electron chi connectivity index (χ0n) is 33.0. The number of anilines is 1. The number of carboxylic acid groups (broad SMARTS) is 1. The zero-order chi connectivity index (χ0) is 42.9. The Balaban J connectivity index is 0.00000930. The number of fused-ring (bicyclic) bond motifs is 2. The molecule has 2 aromatic carbocycles. The van der Waals surface area contributed by atoms with E-state index in [4.69, 9.17) is 14.6 Å². The van der Waals surface area contributed by atoms with Crippen LogP contribution < -0.4 is 4.90 Å². The van der Waals surface area contributed by atoms with Crippen molar-refractivity contribution in [3.05, 3.63) is 95.8 Å². The molecule has 2 aliphatic heterocycles. The number of carboxylic acids is 1. The molecule has 2 heterocycles. The van der Waals surface area contributed by atoms with Crippen molar-refractivity contribution in [2.75, 3.05) is 51.2 Å². The summed E-state index contributed by atoms with van der Waals surface area (Å²) < 4.78 is 119. The predicted octanol–water partition coefficient (Wildman–Crippen LogP) is 5.47. The largest absolute Gasteiger partial charge is 0.748 e. The number of allylic oxidation sites excluding steroid dienone is 8. The number of nitrogens with zero attached hydrogens (tertiary/aromatic N) is 2. The molecule has 4 rings (SSSR count). The van der Waals surface area contributed by atoms with Gasteiger partial charge in [0.25, 0.3) is 0 Å². The number of unbranched alkanes of at least 4 members (excludes halogenated alkanes) is 2. The molecule has 0 radical (unpaired) electrons. The van der Waals surface area contributed by atoms with Crippen molar-refractivity contribution in [2.45, 2.75) is 86.8 Å². The minimum absolute atomic E-state index is 0. The maximum Gasteiger partial charge on any atom is 0.303 e. The van der Waals surface area contributed by atoms with Gasteiger partial charge in [-0.25, -0.2) is 25.3 Å². The minimum Gasteiger partial charge on any atom is -0.748 e. The zero-order valence-corrected chi connectivity index (χ0v) is 35.4. The highest BCUT2D eigenvalue weighted by molar-refractivity contribution is 7.86. The number of carbonyl (C=O) groups is 1. The maximum absolute atomic E-state index is 12.0. The van der Waals surface area contributed by atoms with Crippen LogP contribution in [0.5, 0.6) is 0 Å². The molecule has 0 spiro atoms. The first-order valence-corrected chi connectivity index (χ1v) is 23.1. The molecular weight excluding hydrogens is 825 g/mol. The Kier molecular flexibility index (Phi) is 17.2. The molecule has 0 amide bonds. The van der Waals surface area contributed by atoms with Gasteiger partial charge in [0.15, 0.2) is 12.3 Å². The lowest BCUT2D eigenvalue weighted by atomic mass is 9.76. The summed E-state index contributed by atoms with van der Waals surface area (Å²) in [5.41, 5.74) is 2.30. The average Bonchev–Trinajstić information content (AvgIpc) is 3.50. The van der Waals surface area contributed by atoms with Crippen molar-refractivity contribution in [3.8, 4) is 0 Å². The standard InChI is InChI=1S/C40H52N2O13S3.CH4/c1-39(21-13-27-56(45,46)47)32-28-30(57(48,49)50)18-20-35(32)42(24-26-55-4)36(39)14-9-6-5-7-10-15-37-40(2,22-25-54-3)33-29-31(58(51,52)53)17-19-34(33)41(37)23-12-8-11-16-38(43)44;/h5-7,9-10,14-15,17-20,28-29H,8,11-13,16,21-27H2,1-4H3,(H3-,43,44,45,46,47,48,49,50,51,52,53);1H4/p-2. The molecule has 1 N–H and O–H groups in total. The van der Waals surface area contributed by atoms with E-state index in [2.05, 4.69) is 4.90 Å². The summed E-state index contributed by atoms with van der Waals surface area (Å²) in [6.45, 7) is 5.25. The number of methoxy groups -OCH3 is 2. The molecule has 326 valence electrons.